The molecule has 4 aromatic rings. The summed E-state index contributed by atoms with van der Waals surface area (Å²) in [6.07, 6.45) is 0. The van der Waals surface area contributed by atoms with Gasteiger partial charge in [-0.15, -0.1) is 5.10 Å². The van der Waals surface area contributed by atoms with Crippen LogP contribution < -0.4 is 10.1 Å². The van der Waals surface area contributed by atoms with E-state index >= 15 is 0 Å². The minimum absolute atomic E-state index is 0.104. The smallest absolute Gasteiger partial charge is 0.295 e. The zero-order chi connectivity index (χ0) is 22.7. The molecule has 0 radical (unpaired) electrons. The molecule has 1 aromatic heterocycles. The van der Waals surface area contributed by atoms with Crippen LogP contribution in [0.4, 0.5) is 5.69 Å². The molecule has 1 amide bonds. The van der Waals surface area contributed by atoms with Crippen LogP contribution in [0.25, 0.3) is 17.1 Å². The number of aromatic nitrogens is 3. The normalized spacial score (nSPS) is 10.8. The molecule has 0 bridgehead atoms. The molecule has 0 saturated carbocycles. The molecule has 1 N–H and O–H groups in total. The minimum atomic E-state index is -0.370. The van der Waals surface area contributed by atoms with Crippen molar-refractivity contribution in [2.24, 2.45) is 0 Å². The van der Waals surface area contributed by atoms with Crippen molar-refractivity contribution in [2.75, 3.05) is 11.9 Å². The van der Waals surface area contributed by atoms with Gasteiger partial charge in [-0.2, -0.15) is 0 Å². The molecule has 0 aliphatic carbocycles. The van der Waals surface area contributed by atoms with Crippen LogP contribution >= 0.6 is 0 Å². The lowest BCUT2D eigenvalue weighted by Gasteiger charge is -2.08. The average molecular weight is 427 g/mol. The zero-order valence-corrected chi connectivity index (χ0v) is 18.7. The largest absolute Gasteiger partial charge is 0.494 e. The van der Waals surface area contributed by atoms with Crippen LogP contribution in [0.3, 0.4) is 0 Å². The van der Waals surface area contributed by atoms with E-state index in [1.807, 2.05) is 62.4 Å². The first kappa shape index (κ1) is 21.3. The van der Waals surface area contributed by atoms with E-state index in [0.717, 1.165) is 28.1 Å². The Morgan fingerprint density at radius 1 is 0.938 bits per heavy atom. The maximum Gasteiger partial charge on any atom is 0.295 e. The molecule has 0 atom stereocenters. The van der Waals surface area contributed by atoms with Gasteiger partial charge in [-0.05, 0) is 75.2 Å². The number of rotatable bonds is 6. The van der Waals surface area contributed by atoms with Gasteiger partial charge in [-0.25, -0.2) is 9.67 Å². The SMILES string of the molecule is CCOc1ccc(NC(=O)c2nc(-c3ccc(C)cc3)n(-c3ccc(C)c(C)c3)n2)cc1. The summed E-state index contributed by atoms with van der Waals surface area (Å²) in [4.78, 5) is 17.5. The number of nitrogens with one attached hydrogen (secondary N) is 1. The predicted molar refractivity (Wildman–Crippen MR) is 127 cm³/mol. The lowest BCUT2D eigenvalue weighted by molar-refractivity contribution is 0.101. The second-order valence-corrected chi connectivity index (χ2v) is 7.72. The standard InChI is InChI=1S/C26H26N4O2/c1-5-32-23-14-11-21(12-15-23)27-26(31)24-28-25(20-9-6-17(2)7-10-20)30(29-24)22-13-8-18(3)19(4)16-22/h6-16H,5H2,1-4H3,(H,27,31). The van der Waals surface area contributed by atoms with Gasteiger partial charge in [-0.1, -0.05) is 35.9 Å². The van der Waals surface area contributed by atoms with Gasteiger partial charge in [0.2, 0.25) is 5.82 Å². The van der Waals surface area contributed by atoms with Crippen LogP contribution in [0.15, 0.2) is 66.7 Å². The molecule has 0 saturated heterocycles. The second-order valence-electron chi connectivity index (χ2n) is 7.72. The van der Waals surface area contributed by atoms with Crippen molar-refractivity contribution in [1.82, 2.24) is 14.8 Å². The van der Waals surface area contributed by atoms with E-state index in [-0.39, 0.29) is 11.7 Å². The number of aryl methyl sites for hydroxylation is 3. The molecule has 4 rings (SSSR count). The van der Waals surface area contributed by atoms with Crippen molar-refractivity contribution in [3.05, 3.63) is 89.2 Å². The Kier molecular flexibility index (Phi) is 6.03. The first-order valence-corrected chi connectivity index (χ1v) is 10.6. The number of anilines is 1. The third kappa shape index (κ3) is 4.54. The summed E-state index contributed by atoms with van der Waals surface area (Å²) in [6.45, 7) is 8.68. The fourth-order valence-electron chi connectivity index (χ4n) is 3.32. The summed E-state index contributed by atoms with van der Waals surface area (Å²) in [5.41, 5.74) is 5.89. The Balaban J connectivity index is 1.70. The third-order valence-corrected chi connectivity index (χ3v) is 5.28. The van der Waals surface area contributed by atoms with Gasteiger partial charge >= 0.3 is 0 Å². The van der Waals surface area contributed by atoms with E-state index in [0.29, 0.717) is 18.1 Å². The highest BCUT2D eigenvalue weighted by Gasteiger charge is 2.19. The molecule has 0 fully saturated rings. The van der Waals surface area contributed by atoms with E-state index in [1.165, 1.54) is 5.56 Å². The molecule has 6 heteroatoms. The monoisotopic (exact) mass is 426 g/mol. The molecule has 0 spiro atoms. The summed E-state index contributed by atoms with van der Waals surface area (Å²) in [7, 11) is 0. The van der Waals surface area contributed by atoms with Gasteiger partial charge in [-0.3, -0.25) is 4.79 Å². The van der Waals surface area contributed by atoms with E-state index in [1.54, 1.807) is 16.8 Å². The van der Waals surface area contributed by atoms with E-state index in [9.17, 15) is 4.79 Å². The highest BCUT2D eigenvalue weighted by atomic mass is 16.5. The number of nitrogens with zero attached hydrogens (tertiary/aromatic N) is 3. The Morgan fingerprint density at radius 2 is 1.66 bits per heavy atom. The topological polar surface area (TPSA) is 69.0 Å². The van der Waals surface area contributed by atoms with Crippen LogP contribution in [0.1, 0.15) is 34.2 Å². The number of hydrogen-bond donors (Lipinski definition) is 1. The molecule has 0 unspecified atom stereocenters. The summed E-state index contributed by atoms with van der Waals surface area (Å²) >= 11 is 0. The average Bonchev–Trinajstić information content (AvgIpc) is 3.23. The lowest BCUT2D eigenvalue weighted by atomic mass is 10.1. The molecule has 0 aliphatic rings. The van der Waals surface area contributed by atoms with Crippen molar-refractivity contribution < 1.29 is 9.53 Å². The Morgan fingerprint density at radius 3 is 2.31 bits per heavy atom. The fourth-order valence-corrected chi connectivity index (χ4v) is 3.32. The molecule has 162 valence electrons. The van der Waals surface area contributed by atoms with Gasteiger partial charge < -0.3 is 10.1 Å². The third-order valence-electron chi connectivity index (χ3n) is 5.28. The van der Waals surface area contributed by atoms with Crippen LogP contribution in [-0.4, -0.2) is 27.3 Å². The first-order valence-electron chi connectivity index (χ1n) is 10.6. The molecular formula is C26H26N4O2. The molecule has 0 aliphatic heterocycles. The molecule has 1 heterocycles. The van der Waals surface area contributed by atoms with E-state index in [2.05, 4.69) is 35.3 Å². The Bertz CT molecular complexity index is 1240. The number of hydrogen-bond acceptors (Lipinski definition) is 4. The van der Waals surface area contributed by atoms with Crippen LogP contribution in [-0.2, 0) is 0 Å². The zero-order valence-electron chi connectivity index (χ0n) is 18.7. The Hall–Kier alpha value is -3.93. The number of ether oxygens (including phenoxy) is 1. The van der Waals surface area contributed by atoms with Crippen molar-refractivity contribution >= 4 is 11.6 Å². The van der Waals surface area contributed by atoms with Crippen LogP contribution in [0.5, 0.6) is 5.75 Å². The Labute approximate surface area is 187 Å². The van der Waals surface area contributed by atoms with Gasteiger partial charge in [0.25, 0.3) is 5.91 Å². The van der Waals surface area contributed by atoms with Crippen molar-refractivity contribution in [2.45, 2.75) is 27.7 Å². The molecule has 3 aromatic carbocycles. The highest BCUT2D eigenvalue weighted by Crippen LogP contribution is 2.24. The number of amides is 1. The van der Waals surface area contributed by atoms with Crippen molar-refractivity contribution in [3.8, 4) is 22.8 Å². The van der Waals surface area contributed by atoms with Gasteiger partial charge in [0, 0.05) is 11.3 Å². The second kappa shape index (κ2) is 9.06. The van der Waals surface area contributed by atoms with Gasteiger partial charge in [0.15, 0.2) is 5.82 Å². The summed E-state index contributed by atoms with van der Waals surface area (Å²) < 4.78 is 7.18. The van der Waals surface area contributed by atoms with Crippen LogP contribution in [0, 0.1) is 20.8 Å². The number of carbonyl (C=O) groups is 1. The van der Waals surface area contributed by atoms with Crippen molar-refractivity contribution in [1.29, 1.82) is 0 Å². The number of benzene rings is 3. The lowest BCUT2D eigenvalue weighted by Crippen LogP contribution is -2.14. The molecule has 6 nitrogen and oxygen atoms in total. The van der Waals surface area contributed by atoms with Crippen LogP contribution in [0.2, 0.25) is 0 Å². The summed E-state index contributed by atoms with van der Waals surface area (Å²) in [5.74, 6) is 1.10. The molecule has 32 heavy (non-hydrogen) atoms. The predicted octanol–water partition coefficient (Wildman–Crippen LogP) is 5.51. The van der Waals surface area contributed by atoms with E-state index < -0.39 is 0 Å². The van der Waals surface area contributed by atoms with Crippen molar-refractivity contribution in [3.63, 3.8) is 0 Å². The summed E-state index contributed by atoms with van der Waals surface area (Å²) in [6, 6.07) is 21.3. The van der Waals surface area contributed by atoms with Gasteiger partial charge in [0.05, 0.1) is 12.3 Å². The van der Waals surface area contributed by atoms with Gasteiger partial charge in [0.1, 0.15) is 5.75 Å². The highest BCUT2D eigenvalue weighted by molar-refractivity contribution is 6.01. The summed E-state index contributed by atoms with van der Waals surface area (Å²) in [5, 5.41) is 7.43. The quantitative estimate of drug-likeness (QED) is 0.441. The maximum atomic E-state index is 12.9. The number of carbonyl (C=O) groups excluding carboxylic acids is 1. The van der Waals surface area contributed by atoms with E-state index in [4.69, 9.17) is 4.74 Å². The first-order chi connectivity index (χ1) is 15.4. The fraction of sp³-hybridized carbons (Fsp3) is 0.192. The minimum Gasteiger partial charge on any atom is -0.494 e. The molecular weight excluding hydrogens is 400 g/mol. The maximum absolute atomic E-state index is 12.9.